The summed E-state index contributed by atoms with van der Waals surface area (Å²) in [5, 5.41) is 5.24. The number of nitrogens with one attached hydrogen (secondary N) is 1. The topological polar surface area (TPSA) is 74.5 Å². The number of hydrogen-bond acceptors (Lipinski definition) is 7. The standard InChI is InChI=1S/C18H19N5O2S/c1-22-6-8-23(9-7-22)16-5-4-13(11-19-16)20-17(24)14-12-26-18(21-14)15-3-2-10-25-15/h2-5,10-12H,6-9H2,1H3,(H,20,24). The van der Waals surface area contributed by atoms with E-state index in [4.69, 9.17) is 4.42 Å². The van der Waals surface area contributed by atoms with E-state index in [0.29, 0.717) is 22.1 Å². The number of rotatable bonds is 4. The smallest absolute Gasteiger partial charge is 0.275 e. The molecule has 1 saturated heterocycles. The Labute approximate surface area is 155 Å². The fraction of sp³-hybridized carbons (Fsp3) is 0.278. The first-order valence-corrected chi connectivity index (χ1v) is 9.27. The highest BCUT2D eigenvalue weighted by Crippen LogP contribution is 2.24. The lowest BCUT2D eigenvalue weighted by molar-refractivity contribution is 0.102. The van der Waals surface area contributed by atoms with E-state index in [-0.39, 0.29) is 5.91 Å². The van der Waals surface area contributed by atoms with Crippen LogP contribution in [0.15, 0.2) is 46.5 Å². The van der Waals surface area contributed by atoms with Crippen molar-refractivity contribution >= 4 is 28.7 Å². The zero-order chi connectivity index (χ0) is 17.9. The minimum Gasteiger partial charge on any atom is -0.462 e. The monoisotopic (exact) mass is 369 g/mol. The summed E-state index contributed by atoms with van der Waals surface area (Å²) in [7, 11) is 2.12. The normalized spacial score (nSPS) is 15.2. The molecule has 1 N–H and O–H groups in total. The SMILES string of the molecule is CN1CCN(c2ccc(NC(=O)c3csc(-c4ccco4)n3)cn2)CC1. The van der Waals surface area contributed by atoms with E-state index < -0.39 is 0 Å². The molecule has 1 fully saturated rings. The summed E-state index contributed by atoms with van der Waals surface area (Å²) in [4.78, 5) is 25.7. The van der Waals surface area contributed by atoms with E-state index in [2.05, 4.69) is 32.1 Å². The van der Waals surface area contributed by atoms with Crippen LogP contribution in [0, 0.1) is 0 Å². The lowest BCUT2D eigenvalue weighted by atomic mass is 10.3. The van der Waals surface area contributed by atoms with E-state index in [1.54, 1.807) is 23.9 Å². The van der Waals surface area contributed by atoms with Gasteiger partial charge in [0.25, 0.3) is 5.91 Å². The van der Waals surface area contributed by atoms with Gasteiger partial charge in [0.15, 0.2) is 10.8 Å². The Morgan fingerprint density at radius 3 is 2.77 bits per heavy atom. The average molecular weight is 369 g/mol. The Kier molecular flexibility index (Phi) is 4.68. The molecule has 0 bridgehead atoms. The maximum absolute atomic E-state index is 12.4. The van der Waals surface area contributed by atoms with Crippen LogP contribution in [0.4, 0.5) is 11.5 Å². The van der Waals surface area contributed by atoms with E-state index in [1.165, 1.54) is 11.3 Å². The number of thiazole rings is 1. The van der Waals surface area contributed by atoms with E-state index >= 15 is 0 Å². The highest BCUT2D eigenvalue weighted by Gasteiger charge is 2.16. The number of piperazine rings is 1. The first-order chi connectivity index (χ1) is 12.7. The minimum absolute atomic E-state index is 0.256. The summed E-state index contributed by atoms with van der Waals surface area (Å²) in [6, 6.07) is 7.43. The average Bonchev–Trinajstić information content (AvgIpc) is 3.35. The summed E-state index contributed by atoms with van der Waals surface area (Å²) in [5.74, 6) is 1.34. The number of likely N-dealkylation sites (N-methyl/N-ethyl adjacent to an activating group) is 1. The second-order valence-corrected chi connectivity index (χ2v) is 7.02. The van der Waals surface area contributed by atoms with Gasteiger partial charge >= 0.3 is 0 Å². The van der Waals surface area contributed by atoms with Crippen molar-refractivity contribution in [2.75, 3.05) is 43.4 Å². The Balaban J connectivity index is 1.40. The molecular formula is C18H19N5O2S. The van der Waals surface area contributed by atoms with Gasteiger partial charge in [-0.1, -0.05) is 0 Å². The van der Waals surface area contributed by atoms with Crippen LogP contribution in [-0.2, 0) is 0 Å². The van der Waals surface area contributed by atoms with Crippen molar-refractivity contribution in [3.05, 3.63) is 47.8 Å². The molecule has 0 unspecified atom stereocenters. The molecule has 4 rings (SSSR count). The van der Waals surface area contributed by atoms with Crippen molar-refractivity contribution in [2.24, 2.45) is 0 Å². The molecule has 4 heterocycles. The van der Waals surface area contributed by atoms with Gasteiger partial charge in [0, 0.05) is 31.6 Å². The van der Waals surface area contributed by atoms with Crippen LogP contribution in [-0.4, -0.2) is 54.0 Å². The first kappa shape index (κ1) is 16.7. The molecule has 26 heavy (non-hydrogen) atoms. The Bertz CT molecular complexity index is 867. The number of amides is 1. The Morgan fingerprint density at radius 2 is 2.08 bits per heavy atom. The number of pyridine rings is 1. The number of carbonyl (C=O) groups excluding carboxylic acids is 1. The summed E-state index contributed by atoms with van der Waals surface area (Å²) < 4.78 is 5.31. The molecule has 0 aromatic carbocycles. The van der Waals surface area contributed by atoms with Gasteiger partial charge in [-0.15, -0.1) is 11.3 Å². The van der Waals surface area contributed by atoms with Gasteiger partial charge in [-0.25, -0.2) is 9.97 Å². The molecule has 134 valence electrons. The fourth-order valence-electron chi connectivity index (χ4n) is 2.77. The van der Waals surface area contributed by atoms with Crippen molar-refractivity contribution in [3.63, 3.8) is 0 Å². The van der Waals surface area contributed by atoms with Crippen molar-refractivity contribution in [3.8, 4) is 10.8 Å². The van der Waals surface area contributed by atoms with Crippen LogP contribution in [0.3, 0.4) is 0 Å². The van der Waals surface area contributed by atoms with Crippen molar-refractivity contribution in [2.45, 2.75) is 0 Å². The van der Waals surface area contributed by atoms with Gasteiger partial charge in [0.05, 0.1) is 18.1 Å². The molecule has 0 saturated carbocycles. The number of nitrogens with zero attached hydrogens (tertiary/aromatic N) is 4. The third-order valence-corrected chi connectivity index (χ3v) is 5.16. The quantitative estimate of drug-likeness (QED) is 0.762. The summed E-state index contributed by atoms with van der Waals surface area (Å²) in [5.41, 5.74) is 1.02. The first-order valence-electron chi connectivity index (χ1n) is 8.39. The third kappa shape index (κ3) is 3.61. The van der Waals surface area contributed by atoms with E-state index in [9.17, 15) is 4.79 Å². The predicted octanol–water partition coefficient (Wildman–Crippen LogP) is 2.80. The Hall–Kier alpha value is -2.71. The minimum atomic E-state index is -0.256. The van der Waals surface area contributed by atoms with Crippen LogP contribution < -0.4 is 10.2 Å². The fourth-order valence-corrected chi connectivity index (χ4v) is 3.54. The Morgan fingerprint density at radius 1 is 1.23 bits per heavy atom. The van der Waals surface area contributed by atoms with Gasteiger partial charge in [0.1, 0.15) is 11.5 Å². The van der Waals surface area contributed by atoms with E-state index in [0.717, 1.165) is 32.0 Å². The molecule has 3 aromatic heterocycles. The highest BCUT2D eigenvalue weighted by atomic mass is 32.1. The molecule has 8 heteroatoms. The highest BCUT2D eigenvalue weighted by molar-refractivity contribution is 7.13. The van der Waals surface area contributed by atoms with Crippen LogP contribution in [0.25, 0.3) is 10.8 Å². The van der Waals surface area contributed by atoms with Crippen LogP contribution >= 0.6 is 11.3 Å². The molecular weight excluding hydrogens is 350 g/mol. The number of carbonyl (C=O) groups is 1. The van der Waals surface area contributed by atoms with Crippen LogP contribution in [0.2, 0.25) is 0 Å². The maximum Gasteiger partial charge on any atom is 0.275 e. The third-order valence-electron chi connectivity index (χ3n) is 4.30. The predicted molar refractivity (Wildman–Crippen MR) is 102 cm³/mol. The van der Waals surface area contributed by atoms with Gasteiger partial charge in [-0.05, 0) is 31.3 Å². The van der Waals surface area contributed by atoms with E-state index in [1.807, 2.05) is 18.2 Å². The second kappa shape index (κ2) is 7.27. The van der Waals surface area contributed by atoms with Gasteiger partial charge < -0.3 is 19.5 Å². The largest absolute Gasteiger partial charge is 0.462 e. The molecule has 0 aliphatic carbocycles. The zero-order valence-corrected chi connectivity index (χ0v) is 15.2. The maximum atomic E-state index is 12.4. The molecule has 1 aliphatic heterocycles. The lowest BCUT2D eigenvalue weighted by Crippen LogP contribution is -2.44. The summed E-state index contributed by atoms with van der Waals surface area (Å²) in [6.07, 6.45) is 3.27. The second-order valence-electron chi connectivity index (χ2n) is 6.16. The zero-order valence-electron chi connectivity index (χ0n) is 14.4. The molecule has 0 atom stereocenters. The van der Waals surface area contributed by atoms with Gasteiger partial charge in [-0.2, -0.15) is 0 Å². The van der Waals surface area contributed by atoms with Crippen molar-refractivity contribution < 1.29 is 9.21 Å². The number of anilines is 2. The van der Waals surface area contributed by atoms with Crippen molar-refractivity contribution in [1.82, 2.24) is 14.9 Å². The van der Waals surface area contributed by atoms with Gasteiger partial charge in [-0.3, -0.25) is 4.79 Å². The number of hydrogen-bond donors (Lipinski definition) is 1. The lowest BCUT2D eigenvalue weighted by Gasteiger charge is -2.33. The summed E-state index contributed by atoms with van der Waals surface area (Å²) in [6.45, 7) is 3.98. The number of aromatic nitrogens is 2. The molecule has 1 aliphatic rings. The molecule has 0 radical (unpaired) electrons. The molecule has 7 nitrogen and oxygen atoms in total. The summed E-state index contributed by atoms with van der Waals surface area (Å²) >= 11 is 1.38. The van der Waals surface area contributed by atoms with Gasteiger partial charge in [0.2, 0.25) is 0 Å². The number of furan rings is 1. The molecule has 3 aromatic rings. The molecule has 0 spiro atoms. The van der Waals surface area contributed by atoms with Crippen molar-refractivity contribution in [1.29, 1.82) is 0 Å². The van der Waals surface area contributed by atoms with Crippen LogP contribution in [0.1, 0.15) is 10.5 Å². The van der Waals surface area contributed by atoms with Crippen LogP contribution in [0.5, 0.6) is 0 Å². The molecule has 1 amide bonds.